The Morgan fingerprint density at radius 3 is 2.43 bits per heavy atom. The Labute approximate surface area is 123 Å². The van der Waals surface area contributed by atoms with Crippen molar-refractivity contribution < 1.29 is 23.0 Å². The Bertz CT molecular complexity index is 743. The number of anilines is 1. The summed E-state index contributed by atoms with van der Waals surface area (Å²) in [4.78, 5) is -0.0487. The minimum Gasteiger partial charge on any atom is -0.508 e. The Morgan fingerprint density at radius 2 is 1.81 bits per heavy atom. The molecule has 112 valence electrons. The minimum atomic E-state index is -3.84. The lowest BCUT2D eigenvalue weighted by Crippen LogP contribution is -2.13. The molecule has 0 aliphatic heterocycles. The van der Waals surface area contributed by atoms with Crippen LogP contribution < -0.4 is 14.2 Å². The summed E-state index contributed by atoms with van der Waals surface area (Å²) in [6, 6.07) is 10.2. The van der Waals surface area contributed by atoms with E-state index in [4.69, 9.17) is 9.47 Å². The van der Waals surface area contributed by atoms with Gasteiger partial charge in [0.25, 0.3) is 10.0 Å². The van der Waals surface area contributed by atoms with Gasteiger partial charge in [0.05, 0.1) is 24.8 Å². The van der Waals surface area contributed by atoms with E-state index in [0.717, 1.165) is 6.07 Å². The van der Waals surface area contributed by atoms with E-state index in [-0.39, 0.29) is 16.3 Å². The second-order valence-corrected chi connectivity index (χ2v) is 5.85. The number of ether oxygens (including phenoxy) is 2. The molecular weight excluding hydrogens is 294 g/mol. The van der Waals surface area contributed by atoms with Crippen LogP contribution in [0.15, 0.2) is 47.4 Å². The van der Waals surface area contributed by atoms with Crippen LogP contribution in [0.1, 0.15) is 0 Å². The third kappa shape index (κ3) is 3.38. The fraction of sp³-hybridized carbons (Fsp3) is 0.143. The number of aromatic hydroxyl groups is 1. The van der Waals surface area contributed by atoms with E-state index >= 15 is 0 Å². The molecule has 2 aromatic carbocycles. The van der Waals surface area contributed by atoms with Crippen molar-refractivity contribution >= 4 is 15.7 Å². The third-order valence-corrected chi connectivity index (χ3v) is 4.14. The molecule has 0 saturated heterocycles. The predicted molar refractivity (Wildman–Crippen MR) is 78.5 cm³/mol. The highest BCUT2D eigenvalue weighted by atomic mass is 32.2. The van der Waals surface area contributed by atoms with Crippen molar-refractivity contribution in [2.45, 2.75) is 4.90 Å². The lowest BCUT2D eigenvalue weighted by Gasteiger charge is -2.13. The summed E-state index contributed by atoms with van der Waals surface area (Å²) in [5.41, 5.74) is 0.250. The van der Waals surface area contributed by atoms with E-state index in [9.17, 15) is 13.5 Å². The molecule has 0 bridgehead atoms. The zero-order chi connectivity index (χ0) is 15.5. The van der Waals surface area contributed by atoms with Crippen LogP contribution in [0, 0.1) is 0 Å². The molecule has 0 amide bonds. The van der Waals surface area contributed by atoms with Crippen molar-refractivity contribution in [3.8, 4) is 17.2 Å². The minimum absolute atomic E-state index is 0.0487. The first-order valence-corrected chi connectivity index (χ1v) is 7.48. The largest absolute Gasteiger partial charge is 0.508 e. The van der Waals surface area contributed by atoms with Crippen molar-refractivity contribution in [3.63, 3.8) is 0 Å². The molecule has 0 fully saturated rings. The van der Waals surface area contributed by atoms with Crippen LogP contribution in [0.25, 0.3) is 0 Å². The summed E-state index contributed by atoms with van der Waals surface area (Å²) in [7, 11) is -0.919. The van der Waals surface area contributed by atoms with Crippen LogP contribution in [0.2, 0.25) is 0 Å². The van der Waals surface area contributed by atoms with Gasteiger partial charge in [-0.3, -0.25) is 4.72 Å². The van der Waals surface area contributed by atoms with Crippen molar-refractivity contribution in [2.75, 3.05) is 18.9 Å². The summed E-state index contributed by atoms with van der Waals surface area (Å²) >= 11 is 0. The van der Waals surface area contributed by atoms with Gasteiger partial charge in [-0.25, -0.2) is 8.42 Å². The van der Waals surface area contributed by atoms with Crippen molar-refractivity contribution in [3.05, 3.63) is 42.5 Å². The molecule has 21 heavy (non-hydrogen) atoms. The molecule has 0 saturated carbocycles. The molecule has 6 nitrogen and oxygen atoms in total. The first-order valence-electron chi connectivity index (χ1n) is 6.00. The van der Waals surface area contributed by atoms with E-state index in [1.165, 1.54) is 38.5 Å². The first kappa shape index (κ1) is 15.0. The van der Waals surface area contributed by atoms with E-state index < -0.39 is 10.0 Å². The summed E-state index contributed by atoms with van der Waals surface area (Å²) in [6.45, 7) is 0. The van der Waals surface area contributed by atoms with Crippen LogP contribution in [0.3, 0.4) is 0 Å². The van der Waals surface area contributed by atoms with Gasteiger partial charge in [-0.2, -0.15) is 0 Å². The van der Waals surface area contributed by atoms with E-state index in [1.54, 1.807) is 12.1 Å². The highest BCUT2D eigenvalue weighted by molar-refractivity contribution is 7.92. The Balaban J connectivity index is 2.40. The number of sulfonamides is 1. The van der Waals surface area contributed by atoms with Gasteiger partial charge >= 0.3 is 0 Å². The molecule has 0 unspecified atom stereocenters. The second kappa shape index (κ2) is 5.92. The standard InChI is InChI=1S/C14H15NO5S/c1-19-11-6-7-14(20-2)13(9-11)15-21(17,18)12-5-3-4-10(16)8-12/h3-9,15-16H,1-2H3. The highest BCUT2D eigenvalue weighted by Gasteiger charge is 2.17. The number of nitrogens with one attached hydrogen (secondary N) is 1. The van der Waals surface area contributed by atoms with Crippen LogP contribution in [0.5, 0.6) is 17.2 Å². The molecular formula is C14H15NO5S. The molecule has 0 heterocycles. The monoisotopic (exact) mass is 309 g/mol. The van der Waals surface area contributed by atoms with Gasteiger partial charge in [-0.1, -0.05) is 6.07 Å². The maximum Gasteiger partial charge on any atom is 0.262 e. The SMILES string of the molecule is COc1ccc(OC)c(NS(=O)(=O)c2cccc(O)c2)c1. The molecule has 0 spiro atoms. The predicted octanol–water partition coefficient (Wildman–Crippen LogP) is 2.21. The van der Waals surface area contributed by atoms with Gasteiger partial charge in [0.2, 0.25) is 0 Å². The van der Waals surface area contributed by atoms with Crippen LogP contribution in [0.4, 0.5) is 5.69 Å². The normalized spacial score (nSPS) is 11.0. The van der Waals surface area contributed by atoms with Gasteiger partial charge in [-0.05, 0) is 24.3 Å². The fourth-order valence-corrected chi connectivity index (χ4v) is 2.85. The number of phenolic OH excluding ortho intramolecular Hbond substituents is 1. The zero-order valence-corrected chi connectivity index (χ0v) is 12.3. The third-order valence-electron chi connectivity index (χ3n) is 2.78. The van der Waals surface area contributed by atoms with Gasteiger partial charge in [0.1, 0.15) is 17.2 Å². The number of hydrogen-bond donors (Lipinski definition) is 2. The lowest BCUT2D eigenvalue weighted by molar-refractivity contribution is 0.405. The van der Waals surface area contributed by atoms with Gasteiger partial charge in [0.15, 0.2) is 0 Å². The fourth-order valence-electron chi connectivity index (χ4n) is 1.75. The number of hydrogen-bond acceptors (Lipinski definition) is 5. The molecule has 0 aromatic heterocycles. The lowest BCUT2D eigenvalue weighted by atomic mass is 10.3. The maximum atomic E-state index is 12.3. The average molecular weight is 309 g/mol. The molecule has 7 heteroatoms. The van der Waals surface area contributed by atoms with Gasteiger partial charge in [0, 0.05) is 12.1 Å². The Kier molecular flexibility index (Phi) is 4.23. The van der Waals surface area contributed by atoms with Crippen LogP contribution in [-0.4, -0.2) is 27.7 Å². The number of methoxy groups -OCH3 is 2. The molecule has 2 rings (SSSR count). The average Bonchev–Trinajstić information content (AvgIpc) is 2.46. The van der Waals surface area contributed by atoms with Gasteiger partial charge in [-0.15, -0.1) is 0 Å². The summed E-state index contributed by atoms with van der Waals surface area (Å²) < 4.78 is 37.2. The molecule has 0 aliphatic carbocycles. The molecule has 0 aliphatic rings. The molecule has 0 radical (unpaired) electrons. The Hall–Kier alpha value is -2.41. The van der Waals surface area contributed by atoms with Crippen molar-refractivity contribution in [2.24, 2.45) is 0 Å². The maximum absolute atomic E-state index is 12.3. The molecule has 2 N–H and O–H groups in total. The van der Waals surface area contributed by atoms with E-state index in [0.29, 0.717) is 11.5 Å². The van der Waals surface area contributed by atoms with Gasteiger partial charge < -0.3 is 14.6 Å². The topological polar surface area (TPSA) is 84.9 Å². The quantitative estimate of drug-likeness (QED) is 0.884. The highest BCUT2D eigenvalue weighted by Crippen LogP contribution is 2.31. The van der Waals surface area contributed by atoms with E-state index in [1.807, 2.05) is 0 Å². The Morgan fingerprint density at radius 1 is 1.05 bits per heavy atom. The zero-order valence-electron chi connectivity index (χ0n) is 11.5. The van der Waals surface area contributed by atoms with Crippen LogP contribution in [-0.2, 0) is 10.0 Å². The summed E-state index contributed by atoms with van der Waals surface area (Å²) in [6.07, 6.45) is 0. The number of benzene rings is 2. The van der Waals surface area contributed by atoms with E-state index in [2.05, 4.69) is 4.72 Å². The summed E-state index contributed by atoms with van der Waals surface area (Å²) in [5, 5.41) is 9.39. The smallest absolute Gasteiger partial charge is 0.262 e. The first-order chi connectivity index (χ1) is 9.96. The van der Waals surface area contributed by atoms with Crippen molar-refractivity contribution in [1.82, 2.24) is 0 Å². The molecule has 2 aromatic rings. The number of rotatable bonds is 5. The van der Waals surface area contributed by atoms with Crippen molar-refractivity contribution in [1.29, 1.82) is 0 Å². The molecule has 0 atom stereocenters. The summed E-state index contributed by atoms with van der Waals surface area (Å²) in [5.74, 6) is 0.722. The number of phenols is 1. The second-order valence-electron chi connectivity index (χ2n) is 4.17. The van der Waals surface area contributed by atoms with Crippen LogP contribution >= 0.6 is 0 Å².